The molecule has 0 aliphatic carbocycles. The molecule has 0 aliphatic rings. The number of anilines is 1. The van der Waals surface area contributed by atoms with Crippen molar-refractivity contribution in [3.05, 3.63) is 35.5 Å². The molecule has 2 N–H and O–H groups in total. The highest BCUT2D eigenvalue weighted by Gasteiger charge is 2.06. The predicted molar refractivity (Wildman–Crippen MR) is 80.3 cm³/mol. The molecule has 0 atom stereocenters. The summed E-state index contributed by atoms with van der Waals surface area (Å²) in [5, 5.41) is 0.678. The maximum atomic E-state index is 5.71. The van der Waals surface area contributed by atoms with Crippen molar-refractivity contribution in [3.8, 4) is 11.5 Å². The van der Waals surface area contributed by atoms with Crippen molar-refractivity contribution in [3.63, 3.8) is 0 Å². The van der Waals surface area contributed by atoms with Crippen LogP contribution in [0.2, 0.25) is 0 Å². The van der Waals surface area contributed by atoms with Crippen LogP contribution in [-0.2, 0) is 5.75 Å². The Hall–Kier alpha value is -1.95. The van der Waals surface area contributed by atoms with Gasteiger partial charge in [0.25, 0.3) is 0 Å². The monoisotopic (exact) mass is 291 g/mol. The van der Waals surface area contributed by atoms with Gasteiger partial charge in [0, 0.05) is 17.5 Å². The van der Waals surface area contributed by atoms with Crippen molar-refractivity contribution < 1.29 is 9.47 Å². The van der Waals surface area contributed by atoms with E-state index in [1.807, 2.05) is 25.1 Å². The quantitative estimate of drug-likeness (QED) is 0.674. The van der Waals surface area contributed by atoms with Crippen LogP contribution in [0.5, 0.6) is 11.5 Å². The molecule has 106 valence electrons. The second kappa shape index (κ2) is 6.47. The fourth-order valence-electron chi connectivity index (χ4n) is 1.75. The van der Waals surface area contributed by atoms with Crippen molar-refractivity contribution in [1.29, 1.82) is 0 Å². The van der Waals surface area contributed by atoms with E-state index in [-0.39, 0.29) is 0 Å². The fourth-order valence-corrected chi connectivity index (χ4v) is 2.60. The van der Waals surface area contributed by atoms with E-state index in [4.69, 9.17) is 15.2 Å². The lowest BCUT2D eigenvalue weighted by molar-refractivity contribution is 0.354. The van der Waals surface area contributed by atoms with E-state index >= 15 is 0 Å². The van der Waals surface area contributed by atoms with Crippen LogP contribution in [0.15, 0.2) is 29.4 Å². The highest BCUT2D eigenvalue weighted by atomic mass is 32.2. The van der Waals surface area contributed by atoms with Gasteiger partial charge >= 0.3 is 0 Å². The summed E-state index contributed by atoms with van der Waals surface area (Å²) in [7, 11) is 3.24. The molecule has 20 heavy (non-hydrogen) atoms. The number of thioether (sulfide) groups is 1. The molecular formula is C14H17N3O2S. The molecule has 0 saturated heterocycles. The number of hydrogen-bond donors (Lipinski definition) is 1. The number of benzene rings is 1. The second-order valence-electron chi connectivity index (χ2n) is 4.19. The summed E-state index contributed by atoms with van der Waals surface area (Å²) >= 11 is 1.54. The van der Waals surface area contributed by atoms with Gasteiger partial charge in [0.2, 0.25) is 0 Å². The normalized spacial score (nSPS) is 10.3. The SMILES string of the molecule is COc1ccc(CSc2nc(C)cc(N)n2)cc1OC. The van der Waals surface area contributed by atoms with Gasteiger partial charge in [-0.2, -0.15) is 0 Å². The van der Waals surface area contributed by atoms with Gasteiger partial charge in [-0.1, -0.05) is 17.8 Å². The maximum absolute atomic E-state index is 5.71. The predicted octanol–water partition coefficient (Wildman–Crippen LogP) is 2.68. The van der Waals surface area contributed by atoms with Gasteiger partial charge in [0.1, 0.15) is 5.82 Å². The Morgan fingerprint density at radius 2 is 1.85 bits per heavy atom. The number of hydrogen-bond acceptors (Lipinski definition) is 6. The minimum atomic E-state index is 0.493. The summed E-state index contributed by atoms with van der Waals surface area (Å²) in [4.78, 5) is 8.54. The lowest BCUT2D eigenvalue weighted by atomic mass is 10.2. The van der Waals surface area contributed by atoms with Gasteiger partial charge in [-0.25, -0.2) is 9.97 Å². The molecule has 0 spiro atoms. The molecular weight excluding hydrogens is 274 g/mol. The van der Waals surface area contributed by atoms with Crippen LogP contribution in [0.1, 0.15) is 11.3 Å². The van der Waals surface area contributed by atoms with Gasteiger partial charge in [-0.05, 0) is 24.6 Å². The number of rotatable bonds is 5. The smallest absolute Gasteiger partial charge is 0.190 e. The molecule has 0 bridgehead atoms. The van der Waals surface area contributed by atoms with Crippen LogP contribution in [0.4, 0.5) is 5.82 Å². The third-order valence-corrected chi connectivity index (χ3v) is 3.59. The van der Waals surface area contributed by atoms with Gasteiger partial charge in [0.05, 0.1) is 14.2 Å². The molecule has 0 aliphatic heterocycles. The minimum absolute atomic E-state index is 0.493. The first-order valence-corrected chi connectivity index (χ1v) is 7.06. The maximum Gasteiger partial charge on any atom is 0.190 e. The summed E-state index contributed by atoms with van der Waals surface area (Å²) < 4.78 is 10.5. The lowest BCUT2D eigenvalue weighted by Gasteiger charge is -2.09. The summed E-state index contributed by atoms with van der Waals surface area (Å²) in [5.74, 6) is 2.67. The van der Waals surface area contributed by atoms with Crippen molar-refractivity contribution in [2.24, 2.45) is 0 Å². The van der Waals surface area contributed by atoms with Gasteiger partial charge in [-0.3, -0.25) is 0 Å². The summed E-state index contributed by atoms with van der Waals surface area (Å²) in [6.07, 6.45) is 0. The first-order valence-electron chi connectivity index (χ1n) is 6.07. The number of nitrogens with zero attached hydrogens (tertiary/aromatic N) is 2. The van der Waals surface area contributed by atoms with Crippen LogP contribution >= 0.6 is 11.8 Å². The zero-order valence-electron chi connectivity index (χ0n) is 11.7. The Kier molecular flexibility index (Phi) is 4.68. The van der Waals surface area contributed by atoms with E-state index in [1.165, 1.54) is 11.8 Å². The molecule has 1 aromatic heterocycles. The molecule has 0 saturated carbocycles. The standard InChI is InChI=1S/C14H17N3O2S/c1-9-6-13(15)17-14(16-9)20-8-10-4-5-11(18-2)12(7-10)19-3/h4-7H,8H2,1-3H3,(H2,15,16,17). The molecule has 5 nitrogen and oxygen atoms in total. The van der Waals surface area contributed by atoms with E-state index in [0.717, 1.165) is 28.5 Å². The molecule has 1 aromatic carbocycles. The minimum Gasteiger partial charge on any atom is -0.493 e. The van der Waals surface area contributed by atoms with Crippen molar-refractivity contribution in [2.75, 3.05) is 20.0 Å². The zero-order chi connectivity index (χ0) is 14.5. The summed E-state index contributed by atoms with van der Waals surface area (Å²) in [6, 6.07) is 7.58. The number of nitrogen functional groups attached to an aromatic ring is 1. The average molecular weight is 291 g/mol. The number of nitrogens with two attached hydrogens (primary N) is 1. The van der Waals surface area contributed by atoms with Gasteiger partial charge in [-0.15, -0.1) is 0 Å². The first kappa shape index (κ1) is 14.5. The van der Waals surface area contributed by atoms with Crippen LogP contribution in [-0.4, -0.2) is 24.2 Å². The van der Waals surface area contributed by atoms with Crippen molar-refractivity contribution in [2.45, 2.75) is 17.8 Å². The highest BCUT2D eigenvalue weighted by molar-refractivity contribution is 7.98. The topological polar surface area (TPSA) is 70.3 Å². The van der Waals surface area contributed by atoms with Crippen LogP contribution in [0, 0.1) is 6.92 Å². The molecule has 2 rings (SSSR count). The molecule has 0 amide bonds. The molecule has 1 heterocycles. The Balaban J connectivity index is 2.10. The Morgan fingerprint density at radius 1 is 1.10 bits per heavy atom. The summed E-state index contributed by atoms with van der Waals surface area (Å²) in [6.45, 7) is 1.90. The van der Waals surface area contributed by atoms with Gasteiger partial charge < -0.3 is 15.2 Å². The Morgan fingerprint density at radius 3 is 2.50 bits per heavy atom. The Bertz CT molecular complexity index is 585. The van der Waals surface area contributed by atoms with Crippen LogP contribution < -0.4 is 15.2 Å². The van der Waals surface area contributed by atoms with Gasteiger partial charge in [0.15, 0.2) is 16.7 Å². The molecule has 2 aromatic rings. The highest BCUT2D eigenvalue weighted by Crippen LogP contribution is 2.30. The average Bonchev–Trinajstić information content (AvgIpc) is 2.43. The van der Waals surface area contributed by atoms with E-state index < -0.39 is 0 Å². The molecule has 6 heteroatoms. The number of ether oxygens (including phenoxy) is 2. The molecule has 0 fully saturated rings. The number of aryl methyl sites for hydroxylation is 1. The van der Waals surface area contributed by atoms with E-state index in [1.54, 1.807) is 20.3 Å². The van der Waals surface area contributed by atoms with Crippen LogP contribution in [0.25, 0.3) is 0 Å². The number of methoxy groups -OCH3 is 2. The van der Waals surface area contributed by atoms with E-state index in [2.05, 4.69) is 9.97 Å². The molecule has 0 unspecified atom stereocenters. The first-order chi connectivity index (χ1) is 9.62. The largest absolute Gasteiger partial charge is 0.493 e. The third-order valence-electron chi connectivity index (χ3n) is 2.67. The van der Waals surface area contributed by atoms with E-state index in [0.29, 0.717) is 11.0 Å². The molecule has 0 radical (unpaired) electrons. The zero-order valence-corrected chi connectivity index (χ0v) is 12.5. The number of aromatic nitrogens is 2. The third kappa shape index (κ3) is 3.54. The Labute approximate surface area is 122 Å². The van der Waals surface area contributed by atoms with E-state index in [9.17, 15) is 0 Å². The van der Waals surface area contributed by atoms with Crippen LogP contribution in [0.3, 0.4) is 0 Å². The second-order valence-corrected chi connectivity index (χ2v) is 5.14. The van der Waals surface area contributed by atoms with Crippen molar-refractivity contribution in [1.82, 2.24) is 9.97 Å². The summed E-state index contributed by atoms with van der Waals surface area (Å²) in [5.41, 5.74) is 7.69. The fraction of sp³-hybridized carbons (Fsp3) is 0.286. The lowest BCUT2D eigenvalue weighted by Crippen LogP contribution is -1.97. The van der Waals surface area contributed by atoms with Crippen molar-refractivity contribution >= 4 is 17.6 Å².